The Morgan fingerprint density at radius 1 is 1.33 bits per heavy atom. The number of aryl methyl sites for hydroxylation is 1. The zero-order valence-electron chi connectivity index (χ0n) is 12.4. The van der Waals surface area contributed by atoms with Gasteiger partial charge in [0.15, 0.2) is 5.16 Å². The third-order valence-electron chi connectivity index (χ3n) is 3.44. The van der Waals surface area contributed by atoms with E-state index in [1.807, 2.05) is 26.3 Å². The van der Waals surface area contributed by atoms with Crippen molar-refractivity contribution in [1.29, 1.82) is 0 Å². The Balaban J connectivity index is 2.15. The third-order valence-corrected chi connectivity index (χ3v) is 5.39. The minimum atomic E-state index is -0.357. The third kappa shape index (κ3) is 2.34. The number of hydrogen-bond donors (Lipinski definition) is 1. The number of hydrogen-bond acceptors (Lipinski definition) is 6. The molecule has 3 rings (SSSR count). The Morgan fingerprint density at radius 2 is 2.10 bits per heavy atom. The predicted octanol–water partition coefficient (Wildman–Crippen LogP) is 2.86. The molecule has 3 heterocycles. The standard InChI is InChI=1S/C14H16N4OS2/c1-5-7-6-15-13(20-4)17-8(7)12-16-9-10(21-12)14(2,3)18-11(9)19/h6H,5H2,1-4H3,(H,18,19). The van der Waals surface area contributed by atoms with Gasteiger partial charge >= 0.3 is 0 Å². The molecule has 0 aliphatic carbocycles. The van der Waals surface area contributed by atoms with E-state index in [2.05, 4.69) is 27.2 Å². The number of carbonyl (C=O) groups excluding carboxylic acids is 1. The van der Waals surface area contributed by atoms with Crippen LogP contribution < -0.4 is 5.32 Å². The van der Waals surface area contributed by atoms with Gasteiger partial charge in [-0.1, -0.05) is 18.7 Å². The van der Waals surface area contributed by atoms with Gasteiger partial charge in [0, 0.05) is 6.20 Å². The first-order chi connectivity index (χ1) is 9.96. The van der Waals surface area contributed by atoms with E-state index < -0.39 is 0 Å². The molecule has 0 saturated carbocycles. The maximum absolute atomic E-state index is 12.0. The average Bonchev–Trinajstić information content (AvgIpc) is 2.99. The Labute approximate surface area is 131 Å². The first-order valence-electron chi connectivity index (χ1n) is 6.70. The van der Waals surface area contributed by atoms with Crippen LogP contribution in [0.25, 0.3) is 10.7 Å². The zero-order valence-corrected chi connectivity index (χ0v) is 14.0. The lowest BCUT2D eigenvalue weighted by molar-refractivity contribution is 0.0936. The Morgan fingerprint density at radius 3 is 2.71 bits per heavy atom. The van der Waals surface area contributed by atoms with Crippen LogP contribution in [0.2, 0.25) is 0 Å². The highest BCUT2D eigenvalue weighted by atomic mass is 32.2. The molecule has 110 valence electrons. The minimum absolute atomic E-state index is 0.102. The molecular formula is C14H16N4OS2. The van der Waals surface area contributed by atoms with E-state index in [4.69, 9.17) is 0 Å². The first kappa shape index (κ1) is 14.5. The maximum Gasteiger partial charge on any atom is 0.271 e. The van der Waals surface area contributed by atoms with Crippen molar-refractivity contribution < 1.29 is 4.79 Å². The van der Waals surface area contributed by atoms with Gasteiger partial charge in [-0.2, -0.15) is 0 Å². The van der Waals surface area contributed by atoms with Gasteiger partial charge in [-0.3, -0.25) is 4.79 Å². The van der Waals surface area contributed by atoms with Crippen LogP contribution in [0.3, 0.4) is 0 Å². The number of carbonyl (C=O) groups is 1. The van der Waals surface area contributed by atoms with Crippen LogP contribution in [0, 0.1) is 0 Å². The molecule has 1 N–H and O–H groups in total. The van der Waals surface area contributed by atoms with E-state index in [0.29, 0.717) is 5.69 Å². The molecule has 2 aromatic heterocycles. The Bertz CT molecular complexity index is 724. The molecule has 21 heavy (non-hydrogen) atoms. The molecule has 0 bridgehead atoms. The summed E-state index contributed by atoms with van der Waals surface area (Å²) in [5.41, 5.74) is 2.08. The summed E-state index contributed by atoms with van der Waals surface area (Å²) in [6.45, 7) is 6.05. The number of nitrogens with zero attached hydrogens (tertiary/aromatic N) is 3. The van der Waals surface area contributed by atoms with E-state index in [9.17, 15) is 4.79 Å². The Kier molecular flexibility index (Phi) is 3.49. The zero-order chi connectivity index (χ0) is 15.2. The molecule has 1 aliphatic heterocycles. The molecule has 0 unspecified atom stereocenters. The Hall–Kier alpha value is -1.47. The SMILES string of the molecule is CCc1cnc(SC)nc1-c1nc2c(s1)C(C)(C)NC2=O. The maximum atomic E-state index is 12.0. The monoisotopic (exact) mass is 320 g/mol. The highest BCUT2D eigenvalue weighted by Crippen LogP contribution is 2.39. The number of aromatic nitrogens is 3. The number of nitrogens with one attached hydrogen (secondary N) is 1. The molecule has 1 amide bonds. The molecule has 0 fully saturated rings. The van der Waals surface area contributed by atoms with Gasteiger partial charge in [0.2, 0.25) is 0 Å². The summed E-state index contributed by atoms with van der Waals surface area (Å²) in [6.07, 6.45) is 4.64. The normalized spacial score (nSPS) is 15.9. The topological polar surface area (TPSA) is 67.8 Å². The smallest absolute Gasteiger partial charge is 0.271 e. The van der Waals surface area contributed by atoms with Crippen molar-refractivity contribution in [3.8, 4) is 10.7 Å². The van der Waals surface area contributed by atoms with Gasteiger partial charge in [-0.15, -0.1) is 11.3 Å². The van der Waals surface area contributed by atoms with Crippen molar-refractivity contribution in [2.45, 2.75) is 37.9 Å². The van der Waals surface area contributed by atoms with Crippen molar-refractivity contribution in [3.05, 3.63) is 22.3 Å². The van der Waals surface area contributed by atoms with Crippen molar-refractivity contribution in [1.82, 2.24) is 20.3 Å². The summed E-state index contributed by atoms with van der Waals surface area (Å²) in [5.74, 6) is -0.102. The van der Waals surface area contributed by atoms with Crippen LogP contribution >= 0.6 is 23.1 Å². The molecule has 1 aliphatic rings. The van der Waals surface area contributed by atoms with Crippen LogP contribution in [0.4, 0.5) is 0 Å². The number of fused-ring (bicyclic) bond motifs is 1. The van der Waals surface area contributed by atoms with Crippen LogP contribution in [0.5, 0.6) is 0 Å². The molecule has 0 aromatic carbocycles. The summed E-state index contributed by atoms with van der Waals surface area (Å²) < 4.78 is 0. The lowest BCUT2D eigenvalue weighted by Gasteiger charge is -2.17. The lowest BCUT2D eigenvalue weighted by atomic mass is 10.1. The molecule has 0 saturated heterocycles. The van der Waals surface area contributed by atoms with Crippen LogP contribution in [0.15, 0.2) is 11.4 Å². The number of thiazole rings is 1. The molecule has 0 atom stereocenters. The second-order valence-corrected chi connectivity index (χ2v) is 7.13. The van der Waals surface area contributed by atoms with E-state index in [1.54, 1.807) is 11.3 Å². The molecule has 5 nitrogen and oxygen atoms in total. The van der Waals surface area contributed by atoms with Gasteiger partial charge in [-0.25, -0.2) is 15.0 Å². The molecule has 2 aromatic rings. The number of amides is 1. The van der Waals surface area contributed by atoms with E-state index in [1.165, 1.54) is 11.8 Å². The lowest BCUT2D eigenvalue weighted by Crippen LogP contribution is -2.32. The van der Waals surface area contributed by atoms with Gasteiger partial charge in [0.25, 0.3) is 5.91 Å². The van der Waals surface area contributed by atoms with E-state index in [0.717, 1.165) is 32.7 Å². The van der Waals surface area contributed by atoms with E-state index >= 15 is 0 Å². The highest BCUT2D eigenvalue weighted by Gasteiger charge is 2.39. The quantitative estimate of drug-likeness (QED) is 0.696. The fraction of sp³-hybridized carbons (Fsp3) is 0.429. The summed E-state index contributed by atoms with van der Waals surface area (Å²) in [7, 11) is 0. The van der Waals surface area contributed by atoms with Gasteiger partial charge < -0.3 is 5.32 Å². The van der Waals surface area contributed by atoms with Gasteiger partial charge in [-0.05, 0) is 32.1 Å². The van der Waals surface area contributed by atoms with Crippen molar-refractivity contribution >= 4 is 29.0 Å². The summed E-state index contributed by atoms with van der Waals surface area (Å²) in [5, 5.41) is 4.47. The van der Waals surface area contributed by atoms with Gasteiger partial charge in [0.1, 0.15) is 16.4 Å². The molecule has 0 radical (unpaired) electrons. The fourth-order valence-electron chi connectivity index (χ4n) is 2.33. The predicted molar refractivity (Wildman–Crippen MR) is 84.8 cm³/mol. The number of thioether (sulfide) groups is 1. The molecule has 7 heteroatoms. The second-order valence-electron chi connectivity index (χ2n) is 5.36. The summed E-state index contributed by atoms with van der Waals surface area (Å²) >= 11 is 3.04. The summed E-state index contributed by atoms with van der Waals surface area (Å²) in [6, 6.07) is 0. The largest absolute Gasteiger partial charge is 0.341 e. The number of rotatable bonds is 3. The summed E-state index contributed by atoms with van der Waals surface area (Å²) in [4.78, 5) is 26.4. The first-order valence-corrected chi connectivity index (χ1v) is 8.74. The second kappa shape index (κ2) is 5.06. The van der Waals surface area contributed by atoms with E-state index in [-0.39, 0.29) is 11.4 Å². The van der Waals surface area contributed by atoms with Crippen molar-refractivity contribution in [3.63, 3.8) is 0 Å². The van der Waals surface area contributed by atoms with Gasteiger partial charge in [0.05, 0.1) is 10.4 Å². The average molecular weight is 320 g/mol. The molecule has 0 spiro atoms. The van der Waals surface area contributed by atoms with Crippen LogP contribution in [-0.2, 0) is 12.0 Å². The van der Waals surface area contributed by atoms with Crippen molar-refractivity contribution in [2.24, 2.45) is 0 Å². The molecular weight excluding hydrogens is 304 g/mol. The highest BCUT2D eigenvalue weighted by molar-refractivity contribution is 7.98. The van der Waals surface area contributed by atoms with Crippen LogP contribution in [-0.4, -0.2) is 27.1 Å². The minimum Gasteiger partial charge on any atom is -0.341 e. The fourth-order valence-corrected chi connectivity index (χ4v) is 3.82. The van der Waals surface area contributed by atoms with Crippen LogP contribution in [0.1, 0.15) is 41.7 Å². The van der Waals surface area contributed by atoms with Crippen molar-refractivity contribution in [2.75, 3.05) is 6.26 Å².